The molecule has 52 heavy (non-hydrogen) atoms. The molecule has 4 aliphatic heterocycles. The van der Waals surface area contributed by atoms with Gasteiger partial charge >= 0.3 is 0 Å². The molecule has 3 saturated heterocycles. The third-order valence-corrected chi connectivity index (χ3v) is 10.7. The van der Waals surface area contributed by atoms with Crippen molar-refractivity contribution in [2.45, 2.75) is 63.6 Å². The Hall–Kier alpha value is -4.14. The van der Waals surface area contributed by atoms with Crippen LogP contribution in [0.1, 0.15) is 32.3 Å². The summed E-state index contributed by atoms with van der Waals surface area (Å²) in [4.78, 5) is 7.98. The van der Waals surface area contributed by atoms with Gasteiger partial charge in [0.2, 0.25) is 5.79 Å². The molecule has 12 nitrogen and oxygen atoms in total. The van der Waals surface area contributed by atoms with Gasteiger partial charge in [-0.2, -0.15) is 20.1 Å². The van der Waals surface area contributed by atoms with Crippen LogP contribution in [0.25, 0.3) is 0 Å². The Kier molecular flexibility index (Phi) is 9.88. The summed E-state index contributed by atoms with van der Waals surface area (Å²) in [5, 5.41) is 16.1. The number of piperazine rings is 1. The maximum atomic E-state index is 15.5. The quantitative estimate of drug-likeness (QED) is 0.153. The van der Waals surface area contributed by atoms with E-state index in [0.717, 1.165) is 37.3 Å². The number of hydrogen-bond acceptors (Lipinski definition) is 11. The van der Waals surface area contributed by atoms with Crippen LogP contribution in [0.2, 0.25) is 10.0 Å². The fraction of sp³-hybridized carbons (Fsp3) is 0.432. The molecule has 3 aromatic carbocycles. The molecular weight excluding hydrogens is 710 g/mol. The maximum absolute atomic E-state index is 15.5. The van der Waals surface area contributed by atoms with Crippen molar-refractivity contribution >= 4 is 46.6 Å². The van der Waals surface area contributed by atoms with Crippen LogP contribution in [0.3, 0.4) is 0 Å². The minimum absolute atomic E-state index is 0.000618. The zero-order valence-electron chi connectivity index (χ0n) is 29.0. The third kappa shape index (κ3) is 7.00. The van der Waals surface area contributed by atoms with Gasteiger partial charge < -0.3 is 33.6 Å². The number of aromatic nitrogens is 3. The summed E-state index contributed by atoms with van der Waals surface area (Å²) in [6, 6.07) is 19.0. The molecule has 4 aliphatic rings. The highest BCUT2D eigenvalue weighted by molar-refractivity contribution is 6.35. The predicted molar refractivity (Wildman–Crippen MR) is 198 cm³/mol. The van der Waals surface area contributed by atoms with Crippen LogP contribution in [-0.2, 0) is 26.5 Å². The van der Waals surface area contributed by atoms with Crippen molar-refractivity contribution in [3.63, 3.8) is 0 Å². The van der Waals surface area contributed by atoms with Crippen molar-refractivity contribution in [1.82, 2.24) is 20.0 Å². The van der Waals surface area contributed by atoms with E-state index >= 15 is 4.39 Å². The molecule has 0 amide bonds. The maximum Gasteiger partial charge on any atom is 0.219 e. The van der Waals surface area contributed by atoms with E-state index in [0.29, 0.717) is 46.2 Å². The second-order valence-electron chi connectivity index (χ2n) is 13.3. The molecule has 3 fully saturated rings. The molecule has 2 unspecified atom stereocenters. The lowest BCUT2D eigenvalue weighted by Gasteiger charge is -2.37. The third-order valence-electron chi connectivity index (χ3n) is 10.1. The summed E-state index contributed by atoms with van der Waals surface area (Å²) in [5.74, 6) is -1.18. The van der Waals surface area contributed by atoms with Crippen LogP contribution in [0.5, 0.6) is 5.75 Å². The molecule has 0 N–H and O–H groups in total. The van der Waals surface area contributed by atoms with Crippen molar-refractivity contribution in [2.75, 3.05) is 54.1 Å². The van der Waals surface area contributed by atoms with E-state index in [2.05, 4.69) is 68.0 Å². The summed E-state index contributed by atoms with van der Waals surface area (Å²) in [6.07, 6.45) is 6.68. The van der Waals surface area contributed by atoms with Gasteiger partial charge in [-0.05, 0) is 61.4 Å². The lowest BCUT2D eigenvalue weighted by molar-refractivity contribution is -0.192. The standard InChI is InChI=1S/C37H41Cl2FN8O4/c1-3-26(4-2)48-36-35(51-36)46(24-43-48)28-8-6-27(7-9-28)44-15-17-45(18-16-44)34-12-10-29(20-33(34)40)49-21-30-22-50-37(52-30,23-47-41-13-14-42-47)31-11-5-25(38)19-32(31)39/h5-14,19-20,24,26,30,35-36H,3-4,15-18,21-23H2,1-2H3/t30-,35?,36?,37-/m1/s1. The molecule has 4 atom stereocenters. The number of hydrogen-bond donors (Lipinski definition) is 0. The first kappa shape index (κ1) is 34.9. The number of nitrogens with zero attached hydrogens (tertiary/aromatic N) is 8. The minimum atomic E-state index is -1.25. The minimum Gasteiger partial charge on any atom is -0.491 e. The molecular formula is C37H41Cl2FN8O4. The zero-order chi connectivity index (χ0) is 35.8. The molecule has 0 saturated carbocycles. The van der Waals surface area contributed by atoms with E-state index in [1.165, 1.54) is 10.9 Å². The van der Waals surface area contributed by atoms with E-state index < -0.39 is 11.9 Å². The molecule has 15 heteroatoms. The van der Waals surface area contributed by atoms with E-state index in [1.807, 2.05) is 6.34 Å². The van der Waals surface area contributed by atoms with Gasteiger partial charge in [0, 0.05) is 60.2 Å². The van der Waals surface area contributed by atoms with Crippen molar-refractivity contribution < 1.29 is 23.3 Å². The van der Waals surface area contributed by atoms with Gasteiger partial charge in [-0.15, -0.1) is 0 Å². The number of hydrazone groups is 1. The van der Waals surface area contributed by atoms with Gasteiger partial charge in [0.1, 0.15) is 37.2 Å². The van der Waals surface area contributed by atoms with Crippen LogP contribution in [0, 0.1) is 5.82 Å². The van der Waals surface area contributed by atoms with E-state index in [4.69, 9.17) is 47.3 Å². The van der Waals surface area contributed by atoms with Crippen molar-refractivity contribution in [3.8, 4) is 5.75 Å². The van der Waals surface area contributed by atoms with E-state index in [9.17, 15) is 0 Å². The summed E-state index contributed by atoms with van der Waals surface area (Å²) in [6.45, 7) is 7.84. The molecule has 8 rings (SSSR count). The van der Waals surface area contributed by atoms with Crippen LogP contribution in [-0.4, -0.2) is 90.3 Å². The fourth-order valence-electron chi connectivity index (χ4n) is 7.25. The van der Waals surface area contributed by atoms with Crippen LogP contribution < -0.4 is 19.4 Å². The number of rotatable bonds is 12. The lowest BCUT2D eigenvalue weighted by atomic mass is 10.1. The summed E-state index contributed by atoms with van der Waals surface area (Å²) in [7, 11) is 0. The number of epoxide rings is 1. The molecule has 1 aromatic heterocycles. The Labute approximate surface area is 312 Å². The number of halogens is 3. The van der Waals surface area contributed by atoms with Crippen molar-refractivity contribution in [3.05, 3.63) is 94.5 Å². The highest BCUT2D eigenvalue weighted by Gasteiger charge is 2.52. The number of fused-ring (bicyclic) bond motifs is 1. The Morgan fingerprint density at radius 3 is 2.35 bits per heavy atom. The molecule has 274 valence electrons. The summed E-state index contributed by atoms with van der Waals surface area (Å²) < 4.78 is 40.1. The van der Waals surface area contributed by atoms with Gasteiger partial charge in [-0.3, -0.25) is 5.01 Å². The topological polar surface area (TPSA) is 96.3 Å². The molecule has 0 aliphatic carbocycles. The van der Waals surface area contributed by atoms with Crippen molar-refractivity contribution in [1.29, 1.82) is 0 Å². The molecule has 5 heterocycles. The van der Waals surface area contributed by atoms with Gasteiger partial charge in [0.15, 0.2) is 12.5 Å². The normalized spacial score (nSPS) is 24.2. The first-order valence-corrected chi connectivity index (χ1v) is 18.5. The smallest absolute Gasteiger partial charge is 0.219 e. The molecule has 0 spiro atoms. The summed E-state index contributed by atoms with van der Waals surface area (Å²) >= 11 is 12.7. The first-order chi connectivity index (χ1) is 25.3. The Morgan fingerprint density at radius 1 is 0.904 bits per heavy atom. The van der Waals surface area contributed by atoms with Gasteiger partial charge in [-0.1, -0.05) is 43.1 Å². The highest BCUT2D eigenvalue weighted by atomic mass is 35.5. The highest BCUT2D eigenvalue weighted by Crippen LogP contribution is 2.41. The largest absolute Gasteiger partial charge is 0.491 e. The van der Waals surface area contributed by atoms with Gasteiger partial charge in [-0.25, -0.2) is 4.39 Å². The second kappa shape index (κ2) is 14.7. The average Bonchev–Trinajstić information content (AvgIpc) is 3.61. The predicted octanol–water partition coefficient (Wildman–Crippen LogP) is 6.33. The van der Waals surface area contributed by atoms with Gasteiger partial charge in [0.25, 0.3) is 0 Å². The molecule has 0 bridgehead atoms. The van der Waals surface area contributed by atoms with Crippen LogP contribution in [0.4, 0.5) is 21.5 Å². The Morgan fingerprint density at radius 2 is 1.63 bits per heavy atom. The SMILES string of the molecule is CCC(CC)N1N=CN(c2ccc(N3CCN(c4ccc(OC[C@@H]5CO[C@@](Cn6nccn6)(c6ccc(Cl)cc6Cl)O5)cc4F)CC3)cc2)C2OC21. The zero-order valence-corrected chi connectivity index (χ0v) is 30.5. The number of anilines is 3. The lowest BCUT2D eigenvalue weighted by Crippen LogP contribution is -2.46. The molecule has 0 radical (unpaired) electrons. The number of benzene rings is 3. The van der Waals surface area contributed by atoms with E-state index in [1.54, 1.807) is 42.7 Å². The summed E-state index contributed by atoms with van der Waals surface area (Å²) in [5.41, 5.74) is 3.34. The Bertz CT molecular complexity index is 1880. The van der Waals surface area contributed by atoms with Crippen LogP contribution in [0.15, 0.2) is 78.2 Å². The van der Waals surface area contributed by atoms with Crippen LogP contribution >= 0.6 is 23.2 Å². The monoisotopic (exact) mass is 750 g/mol. The first-order valence-electron chi connectivity index (χ1n) is 17.7. The fourth-order valence-corrected chi connectivity index (χ4v) is 7.80. The Balaban J connectivity index is 0.849. The van der Waals surface area contributed by atoms with Gasteiger partial charge in [0.05, 0.1) is 29.7 Å². The molecule has 4 aromatic rings. The number of ether oxygens (including phenoxy) is 4. The van der Waals surface area contributed by atoms with E-state index in [-0.39, 0.29) is 38.0 Å². The van der Waals surface area contributed by atoms with Crippen molar-refractivity contribution in [2.24, 2.45) is 5.10 Å². The second-order valence-corrected chi connectivity index (χ2v) is 14.2. The average molecular weight is 752 g/mol.